The first-order valence-electron chi connectivity index (χ1n) is 7.07. The van der Waals surface area contributed by atoms with Crippen molar-refractivity contribution >= 4 is 23.2 Å². The van der Waals surface area contributed by atoms with Gasteiger partial charge in [-0.2, -0.15) is 0 Å². The van der Waals surface area contributed by atoms with E-state index in [0.29, 0.717) is 18.7 Å². The summed E-state index contributed by atoms with van der Waals surface area (Å²) in [6, 6.07) is 5.72. The van der Waals surface area contributed by atoms with Gasteiger partial charge in [0, 0.05) is 25.6 Å². The predicted octanol–water partition coefficient (Wildman–Crippen LogP) is 0.873. The van der Waals surface area contributed by atoms with Gasteiger partial charge in [0.1, 0.15) is 11.7 Å². The molecular weight excluding hydrogens is 288 g/mol. The zero-order valence-electron chi connectivity index (χ0n) is 12.0. The number of nitro groups is 1. The molecule has 8 heteroatoms. The van der Waals surface area contributed by atoms with Gasteiger partial charge in [0.2, 0.25) is 11.8 Å². The highest BCUT2D eigenvalue weighted by Crippen LogP contribution is 2.23. The van der Waals surface area contributed by atoms with Crippen molar-refractivity contribution in [2.24, 2.45) is 5.73 Å². The van der Waals surface area contributed by atoms with Crippen LogP contribution in [0.3, 0.4) is 0 Å². The van der Waals surface area contributed by atoms with E-state index < -0.39 is 16.9 Å². The molecule has 3 N–H and O–H groups in total. The third kappa shape index (κ3) is 3.51. The molecule has 1 aliphatic heterocycles. The molecule has 0 spiro atoms. The number of benzene rings is 1. The number of hydrogen-bond acceptors (Lipinski definition) is 5. The van der Waals surface area contributed by atoms with E-state index in [4.69, 9.17) is 5.73 Å². The molecule has 0 bridgehead atoms. The zero-order valence-corrected chi connectivity index (χ0v) is 12.0. The maximum absolute atomic E-state index is 12.1. The second kappa shape index (κ2) is 6.88. The van der Waals surface area contributed by atoms with Crippen molar-refractivity contribution < 1.29 is 14.5 Å². The van der Waals surface area contributed by atoms with Crippen molar-refractivity contribution in [3.05, 3.63) is 34.4 Å². The van der Waals surface area contributed by atoms with Crippen LogP contribution in [0.1, 0.15) is 19.3 Å². The Morgan fingerprint density at radius 1 is 1.41 bits per heavy atom. The van der Waals surface area contributed by atoms with E-state index in [1.54, 1.807) is 18.2 Å². The maximum atomic E-state index is 12.1. The van der Waals surface area contributed by atoms with Gasteiger partial charge in [0.15, 0.2) is 0 Å². The van der Waals surface area contributed by atoms with Gasteiger partial charge in [0.25, 0.3) is 5.69 Å². The number of primary amides is 1. The molecule has 0 saturated carbocycles. The fourth-order valence-corrected chi connectivity index (χ4v) is 2.59. The molecule has 1 fully saturated rings. The van der Waals surface area contributed by atoms with E-state index in [1.165, 1.54) is 11.0 Å². The Labute approximate surface area is 127 Å². The average Bonchev–Trinajstić information content (AvgIpc) is 2.97. The summed E-state index contributed by atoms with van der Waals surface area (Å²) in [4.78, 5) is 35.3. The topological polar surface area (TPSA) is 119 Å². The summed E-state index contributed by atoms with van der Waals surface area (Å²) in [5.74, 6) is -0.662. The number of hydrogen-bond donors (Lipinski definition) is 2. The Hall–Kier alpha value is -2.64. The molecule has 1 aromatic carbocycles. The van der Waals surface area contributed by atoms with Crippen molar-refractivity contribution in [3.63, 3.8) is 0 Å². The van der Waals surface area contributed by atoms with Crippen molar-refractivity contribution in [2.45, 2.75) is 25.3 Å². The van der Waals surface area contributed by atoms with E-state index in [0.717, 1.165) is 6.42 Å². The minimum absolute atomic E-state index is 0.0360. The third-order valence-electron chi connectivity index (χ3n) is 3.66. The van der Waals surface area contributed by atoms with Crippen molar-refractivity contribution in [1.29, 1.82) is 0 Å². The number of rotatable bonds is 6. The fraction of sp³-hybridized carbons (Fsp3) is 0.429. The minimum atomic E-state index is -0.529. The van der Waals surface area contributed by atoms with Crippen molar-refractivity contribution in [2.75, 3.05) is 18.4 Å². The van der Waals surface area contributed by atoms with Crippen LogP contribution in [0, 0.1) is 10.1 Å². The van der Waals surface area contributed by atoms with Gasteiger partial charge < -0.3 is 16.0 Å². The van der Waals surface area contributed by atoms with Crippen LogP contribution in [0.2, 0.25) is 0 Å². The van der Waals surface area contributed by atoms with Gasteiger partial charge in [-0.15, -0.1) is 0 Å². The van der Waals surface area contributed by atoms with Crippen molar-refractivity contribution in [1.82, 2.24) is 4.90 Å². The first-order chi connectivity index (χ1) is 10.5. The number of nitrogens with two attached hydrogens (primary N) is 1. The summed E-state index contributed by atoms with van der Waals surface area (Å²) in [6.45, 7) is 0.781. The molecule has 2 amide bonds. The number of carbonyl (C=O) groups is 2. The van der Waals surface area contributed by atoms with Gasteiger partial charge in [-0.05, 0) is 18.9 Å². The minimum Gasteiger partial charge on any atom is -0.379 e. The third-order valence-corrected chi connectivity index (χ3v) is 3.66. The molecule has 8 nitrogen and oxygen atoms in total. The molecular formula is C14H18N4O4. The van der Waals surface area contributed by atoms with Gasteiger partial charge >= 0.3 is 0 Å². The zero-order chi connectivity index (χ0) is 16.1. The highest BCUT2D eigenvalue weighted by molar-refractivity contribution is 5.87. The standard InChI is InChI=1S/C14H18N4O4/c15-14(20)12-6-3-9-17(12)13(19)7-8-16-10-4-1-2-5-11(10)18(21)22/h1-2,4-5,12,16H,3,6-9H2,(H2,15,20). The van der Waals surface area contributed by atoms with E-state index >= 15 is 0 Å². The number of amides is 2. The molecule has 22 heavy (non-hydrogen) atoms. The van der Waals surface area contributed by atoms with Crippen molar-refractivity contribution in [3.8, 4) is 0 Å². The van der Waals surface area contributed by atoms with E-state index in [1.807, 2.05) is 0 Å². The number of likely N-dealkylation sites (tertiary alicyclic amines) is 1. The molecule has 2 rings (SSSR count). The lowest BCUT2D eigenvalue weighted by Crippen LogP contribution is -2.44. The molecule has 118 valence electrons. The average molecular weight is 306 g/mol. The first kappa shape index (κ1) is 15.7. The largest absolute Gasteiger partial charge is 0.379 e. The van der Waals surface area contributed by atoms with Crippen LogP contribution >= 0.6 is 0 Å². The second-order valence-electron chi connectivity index (χ2n) is 5.10. The summed E-state index contributed by atoms with van der Waals surface area (Å²) in [5.41, 5.74) is 5.61. The van der Waals surface area contributed by atoms with Crippen LogP contribution in [-0.4, -0.2) is 40.8 Å². The Morgan fingerprint density at radius 3 is 2.82 bits per heavy atom. The van der Waals surface area contributed by atoms with Crippen LogP contribution in [0.25, 0.3) is 0 Å². The number of nitro benzene ring substituents is 1. The lowest BCUT2D eigenvalue weighted by molar-refractivity contribution is -0.384. The fourth-order valence-electron chi connectivity index (χ4n) is 2.59. The lowest BCUT2D eigenvalue weighted by atomic mass is 10.2. The molecule has 1 aliphatic rings. The molecule has 0 radical (unpaired) electrons. The maximum Gasteiger partial charge on any atom is 0.292 e. The molecule has 1 heterocycles. The smallest absolute Gasteiger partial charge is 0.292 e. The molecule has 1 unspecified atom stereocenters. The number of carbonyl (C=O) groups excluding carboxylic acids is 2. The highest BCUT2D eigenvalue weighted by Gasteiger charge is 2.32. The molecule has 1 saturated heterocycles. The summed E-state index contributed by atoms with van der Waals surface area (Å²) in [5, 5.41) is 13.8. The lowest BCUT2D eigenvalue weighted by Gasteiger charge is -2.22. The molecule has 1 atom stereocenters. The summed E-state index contributed by atoms with van der Waals surface area (Å²) in [7, 11) is 0. The van der Waals surface area contributed by atoms with Gasteiger partial charge in [0.05, 0.1) is 4.92 Å². The number of para-hydroxylation sites is 2. The number of nitrogens with zero attached hydrogens (tertiary/aromatic N) is 2. The van der Waals surface area contributed by atoms with Crippen LogP contribution in [0.4, 0.5) is 11.4 Å². The Bertz CT molecular complexity index is 590. The molecule has 1 aromatic rings. The van der Waals surface area contributed by atoms with Crippen LogP contribution in [0.15, 0.2) is 24.3 Å². The Morgan fingerprint density at radius 2 is 2.14 bits per heavy atom. The molecule has 0 aliphatic carbocycles. The van der Waals surface area contributed by atoms with Gasteiger partial charge in [-0.3, -0.25) is 19.7 Å². The van der Waals surface area contributed by atoms with Crippen LogP contribution in [-0.2, 0) is 9.59 Å². The normalized spacial score (nSPS) is 17.3. The SMILES string of the molecule is NC(=O)C1CCCN1C(=O)CCNc1ccccc1[N+](=O)[O-]. The monoisotopic (exact) mass is 306 g/mol. The highest BCUT2D eigenvalue weighted by atomic mass is 16.6. The van der Waals surface area contributed by atoms with Gasteiger partial charge in [-0.1, -0.05) is 12.1 Å². The summed E-state index contributed by atoms with van der Waals surface area (Å²) in [6.07, 6.45) is 1.51. The van der Waals surface area contributed by atoms with E-state index in [-0.39, 0.29) is 24.6 Å². The van der Waals surface area contributed by atoms with E-state index in [9.17, 15) is 19.7 Å². The first-order valence-corrected chi connectivity index (χ1v) is 7.07. The second-order valence-corrected chi connectivity index (χ2v) is 5.10. The Kier molecular flexibility index (Phi) is 4.92. The number of anilines is 1. The van der Waals surface area contributed by atoms with Crippen LogP contribution in [0.5, 0.6) is 0 Å². The Balaban J connectivity index is 1.90. The van der Waals surface area contributed by atoms with Gasteiger partial charge in [-0.25, -0.2) is 0 Å². The van der Waals surface area contributed by atoms with E-state index in [2.05, 4.69) is 5.32 Å². The summed E-state index contributed by atoms with van der Waals surface area (Å²) >= 11 is 0. The predicted molar refractivity (Wildman–Crippen MR) is 80.1 cm³/mol. The summed E-state index contributed by atoms with van der Waals surface area (Å²) < 4.78 is 0. The quantitative estimate of drug-likeness (QED) is 0.597. The molecule has 0 aromatic heterocycles. The van der Waals surface area contributed by atoms with Crippen LogP contribution < -0.4 is 11.1 Å². The number of nitrogens with one attached hydrogen (secondary N) is 1.